The summed E-state index contributed by atoms with van der Waals surface area (Å²) < 4.78 is 19.0. The molecule has 0 radical (unpaired) electrons. The first-order valence-electron chi connectivity index (χ1n) is 6.01. The first kappa shape index (κ1) is 10.1. The van der Waals surface area contributed by atoms with Gasteiger partial charge in [0.2, 0.25) is 0 Å². The molecule has 2 nitrogen and oxygen atoms in total. The number of fused-ring (bicyclic) bond motifs is 1. The molecule has 16 heavy (non-hydrogen) atoms. The zero-order chi connectivity index (χ0) is 11.0. The summed E-state index contributed by atoms with van der Waals surface area (Å²) in [5.41, 5.74) is 1.05. The maximum Gasteiger partial charge on any atom is 0.165 e. The van der Waals surface area contributed by atoms with Gasteiger partial charge in [-0.25, -0.2) is 4.39 Å². The van der Waals surface area contributed by atoms with Crippen molar-refractivity contribution in [2.24, 2.45) is 0 Å². The summed E-state index contributed by atoms with van der Waals surface area (Å²) in [5, 5.41) is 3.51. The van der Waals surface area contributed by atoms with E-state index in [0.717, 1.165) is 18.5 Å². The Bertz CT molecular complexity index is 388. The summed E-state index contributed by atoms with van der Waals surface area (Å²) in [6, 6.07) is 5.76. The SMILES string of the molecule is Fc1cccc2c1OCCC2C1CCCN1. The van der Waals surface area contributed by atoms with Gasteiger partial charge in [-0.15, -0.1) is 0 Å². The number of rotatable bonds is 1. The third-order valence-electron chi connectivity index (χ3n) is 3.66. The molecule has 1 saturated heterocycles. The molecule has 2 heterocycles. The van der Waals surface area contributed by atoms with Crippen molar-refractivity contribution >= 4 is 0 Å². The molecule has 0 amide bonds. The van der Waals surface area contributed by atoms with E-state index in [4.69, 9.17) is 4.74 Å². The van der Waals surface area contributed by atoms with Crippen molar-refractivity contribution in [2.75, 3.05) is 13.2 Å². The first-order valence-corrected chi connectivity index (χ1v) is 6.01. The molecule has 0 aliphatic carbocycles. The van der Waals surface area contributed by atoms with Crippen molar-refractivity contribution in [1.29, 1.82) is 0 Å². The number of nitrogens with one attached hydrogen (secondary N) is 1. The van der Waals surface area contributed by atoms with E-state index >= 15 is 0 Å². The van der Waals surface area contributed by atoms with E-state index in [1.165, 1.54) is 18.9 Å². The molecule has 2 unspecified atom stereocenters. The normalized spacial score (nSPS) is 28.6. The summed E-state index contributed by atoms with van der Waals surface area (Å²) >= 11 is 0. The van der Waals surface area contributed by atoms with E-state index in [2.05, 4.69) is 5.32 Å². The lowest BCUT2D eigenvalue weighted by Gasteiger charge is -2.30. The minimum Gasteiger partial charge on any atom is -0.490 e. The lowest BCUT2D eigenvalue weighted by atomic mass is 9.86. The Hall–Kier alpha value is -1.09. The number of ether oxygens (including phenoxy) is 1. The Morgan fingerprint density at radius 2 is 2.25 bits per heavy atom. The number of halogens is 1. The van der Waals surface area contributed by atoms with Crippen LogP contribution in [0.2, 0.25) is 0 Å². The number of benzene rings is 1. The van der Waals surface area contributed by atoms with Crippen LogP contribution in [-0.2, 0) is 0 Å². The average Bonchev–Trinajstić information content (AvgIpc) is 2.82. The molecule has 2 aliphatic heterocycles. The largest absolute Gasteiger partial charge is 0.490 e. The van der Waals surface area contributed by atoms with Crippen LogP contribution in [0.25, 0.3) is 0 Å². The number of para-hydroxylation sites is 1. The molecule has 0 aromatic heterocycles. The third-order valence-corrected chi connectivity index (χ3v) is 3.66. The van der Waals surface area contributed by atoms with Crippen LogP contribution in [0.4, 0.5) is 4.39 Å². The van der Waals surface area contributed by atoms with E-state index in [0.29, 0.717) is 24.3 Å². The summed E-state index contributed by atoms with van der Waals surface area (Å²) in [6.07, 6.45) is 3.42. The lowest BCUT2D eigenvalue weighted by molar-refractivity contribution is 0.239. The van der Waals surface area contributed by atoms with Gasteiger partial charge in [0.25, 0.3) is 0 Å². The predicted octanol–water partition coefficient (Wildman–Crippen LogP) is 2.44. The number of hydrogen-bond donors (Lipinski definition) is 1. The Balaban J connectivity index is 1.96. The van der Waals surface area contributed by atoms with Crippen LogP contribution in [0.5, 0.6) is 5.75 Å². The second-order valence-corrected chi connectivity index (χ2v) is 4.60. The van der Waals surface area contributed by atoms with E-state index in [-0.39, 0.29) is 5.82 Å². The van der Waals surface area contributed by atoms with Crippen molar-refractivity contribution in [3.8, 4) is 5.75 Å². The van der Waals surface area contributed by atoms with Crippen LogP contribution in [-0.4, -0.2) is 19.2 Å². The van der Waals surface area contributed by atoms with Crippen LogP contribution in [0.15, 0.2) is 18.2 Å². The van der Waals surface area contributed by atoms with Crippen LogP contribution in [0, 0.1) is 5.82 Å². The summed E-state index contributed by atoms with van der Waals surface area (Å²) in [4.78, 5) is 0. The van der Waals surface area contributed by atoms with Crippen LogP contribution >= 0.6 is 0 Å². The van der Waals surface area contributed by atoms with Gasteiger partial charge in [0.15, 0.2) is 11.6 Å². The Labute approximate surface area is 94.8 Å². The smallest absolute Gasteiger partial charge is 0.165 e. The molecule has 0 bridgehead atoms. The van der Waals surface area contributed by atoms with E-state index in [1.54, 1.807) is 6.07 Å². The molecular weight excluding hydrogens is 205 g/mol. The molecule has 2 aliphatic rings. The minimum absolute atomic E-state index is 0.222. The van der Waals surface area contributed by atoms with Gasteiger partial charge in [-0.3, -0.25) is 0 Å². The summed E-state index contributed by atoms with van der Waals surface area (Å²) in [5.74, 6) is 0.676. The highest BCUT2D eigenvalue weighted by atomic mass is 19.1. The molecule has 1 aromatic rings. The van der Waals surface area contributed by atoms with Gasteiger partial charge in [-0.2, -0.15) is 0 Å². The average molecular weight is 221 g/mol. The lowest BCUT2D eigenvalue weighted by Crippen LogP contribution is -2.32. The van der Waals surface area contributed by atoms with Gasteiger partial charge in [-0.05, 0) is 31.9 Å². The van der Waals surface area contributed by atoms with Crippen molar-refractivity contribution in [2.45, 2.75) is 31.2 Å². The Kier molecular flexibility index (Phi) is 2.56. The highest BCUT2D eigenvalue weighted by Gasteiger charge is 2.31. The van der Waals surface area contributed by atoms with Crippen molar-refractivity contribution in [3.63, 3.8) is 0 Å². The fraction of sp³-hybridized carbons (Fsp3) is 0.538. The number of hydrogen-bond acceptors (Lipinski definition) is 2. The summed E-state index contributed by atoms with van der Waals surface area (Å²) in [6.45, 7) is 1.73. The zero-order valence-electron chi connectivity index (χ0n) is 9.21. The minimum atomic E-state index is -0.222. The second kappa shape index (κ2) is 4.06. The summed E-state index contributed by atoms with van der Waals surface area (Å²) in [7, 11) is 0. The van der Waals surface area contributed by atoms with Crippen LogP contribution in [0.1, 0.15) is 30.7 Å². The predicted molar refractivity (Wildman–Crippen MR) is 60.3 cm³/mol. The Morgan fingerprint density at radius 1 is 1.31 bits per heavy atom. The molecule has 0 spiro atoms. The molecule has 1 fully saturated rings. The standard InChI is InChI=1S/C13H16FNO/c14-11-4-1-3-10-9(6-8-16-13(10)11)12-5-2-7-15-12/h1,3-4,9,12,15H,2,5-8H2. The maximum atomic E-state index is 13.6. The first-order chi connectivity index (χ1) is 7.86. The van der Waals surface area contributed by atoms with E-state index < -0.39 is 0 Å². The van der Waals surface area contributed by atoms with Gasteiger partial charge in [0.05, 0.1) is 6.61 Å². The van der Waals surface area contributed by atoms with Gasteiger partial charge in [0, 0.05) is 17.5 Å². The highest BCUT2D eigenvalue weighted by molar-refractivity contribution is 5.40. The van der Waals surface area contributed by atoms with Gasteiger partial charge in [-0.1, -0.05) is 12.1 Å². The maximum absolute atomic E-state index is 13.6. The molecule has 1 aromatic carbocycles. The van der Waals surface area contributed by atoms with E-state index in [9.17, 15) is 4.39 Å². The molecule has 2 atom stereocenters. The fourth-order valence-corrected chi connectivity index (χ4v) is 2.89. The highest BCUT2D eigenvalue weighted by Crippen LogP contribution is 2.39. The molecule has 3 rings (SSSR count). The molecule has 0 saturated carbocycles. The van der Waals surface area contributed by atoms with Crippen molar-refractivity contribution in [3.05, 3.63) is 29.6 Å². The molecule has 3 heteroatoms. The van der Waals surface area contributed by atoms with Crippen LogP contribution in [0.3, 0.4) is 0 Å². The molecule has 86 valence electrons. The van der Waals surface area contributed by atoms with Crippen molar-refractivity contribution in [1.82, 2.24) is 5.32 Å². The van der Waals surface area contributed by atoms with Crippen molar-refractivity contribution < 1.29 is 9.13 Å². The van der Waals surface area contributed by atoms with E-state index in [1.807, 2.05) is 6.07 Å². The molecule has 1 N–H and O–H groups in total. The third kappa shape index (κ3) is 1.59. The molecular formula is C13H16FNO. The fourth-order valence-electron chi connectivity index (χ4n) is 2.89. The van der Waals surface area contributed by atoms with Gasteiger partial charge >= 0.3 is 0 Å². The Morgan fingerprint density at radius 3 is 3.06 bits per heavy atom. The topological polar surface area (TPSA) is 21.3 Å². The van der Waals surface area contributed by atoms with Gasteiger partial charge in [0.1, 0.15) is 0 Å². The monoisotopic (exact) mass is 221 g/mol. The van der Waals surface area contributed by atoms with Gasteiger partial charge < -0.3 is 10.1 Å². The van der Waals surface area contributed by atoms with Crippen LogP contribution < -0.4 is 10.1 Å². The zero-order valence-corrected chi connectivity index (χ0v) is 9.21. The quantitative estimate of drug-likeness (QED) is 0.786. The second-order valence-electron chi connectivity index (χ2n) is 4.60.